The number of hydrogen-bond acceptors (Lipinski definition) is 2. The second-order valence-corrected chi connectivity index (χ2v) is 4.90. The Kier molecular flexibility index (Phi) is 4.58. The van der Waals surface area contributed by atoms with Crippen molar-refractivity contribution in [3.63, 3.8) is 0 Å². The molecule has 2 aromatic carbocycles. The Balaban J connectivity index is 1.84. The standard InChI is InChI=1S/C14H12INO2/c15-11-6-8-12(9-7-11)16-14(17)10-18-13-4-2-1-3-5-13/h1-9H,10H2,(H,16,17). The molecule has 1 amide bonds. The van der Waals surface area contributed by atoms with Crippen molar-refractivity contribution in [1.82, 2.24) is 0 Å². The van der Waals surface area contributed by atoms with Crippen molar-refractivity contribution < 1.29 is 9.53 Å². The molecule has 0 unspecified atom stereocenters. The molecule has 4 heteroatoms. The van der Waals surface area contributed by atoms with E-state index in [0.29, 0.717) is 5.75 Å². The summed E-state index contributed by atoms with van der Waals surface area (Å²) in [6.45, 7) is 0.00992. The van der Waals surface area contributed by atoms with Crippen molar-refractivity contribution in [2.24, 2.45) is 0 Å². The summed E-state index contributed by atoms with van der Waals surface area (Å²) in [6, 6.07) is 16.9. The third-order valence-corrected chi connectivity index (χ3v) is 2.96. The Bertz CT molecular complexity index is 511. The number of nitrogens with one attached hydrogen (secondary N) is 1. The topological polar surface area (TPSA) is 38.3 Å². The predicted molar refractivity (Wildman–Crippen MR) is 79.7 cm³/mol. The lowest BCUT2D eigenvalue weighted by atomic mass is 10.3. The zero-order valence-corrected chi connectivity index (χ0v) is 11.8. The highest BCUT2D eigenvalue weighted by Gasteiger charge is 2.03. The second kappa shape index (κ2) is 6.39. The van der Waals surface area contributed by atoms with Gasteiger partial charge in [-0.1, -0.05) is 18.2 Å². The van der Waals surface area contributed by atoms with Gasteiger partial charge in [-0.05, 0) is 59.0 Å². The lowest BCUT2D eigenvalue weighted by molar-refractivity contribution is -0.118. The van der Waals surface area contributed by atoms with Crippen LogP contribution >= 0.6 is 22.6 Å². The molecule has 0 aromatic heterocycles. The van der Waals surface area contributed by atoms with Crippen molar-refractivity contribution in [2.75, 3.05) is 11.9 Å². The Hall–Kier alpha value is -1.56. The molecule has 0 aliphatic rings. The SMILES string of the molecule is O=C(COc1ccccc1)Nc1ccc(I)cc1. The molecule has 92 valence electrons. The molecular formula is C14H12INO2. The molecule has 0 bridgehead atoms. The molecule has 1 N–H and O–H groups in total. The Morgan fingerprint density at radius 1 is 1.06 bits per heavy atom. The number of amides is 1. The Morgan fingerprint density at radius 2 is 1.72 bits per heavy atom. The normalized spacial score (nSPS) is 9.83. The van der Waals surface area contributed by atoms with Gasteiger partial charge in [0.15, 0.2) is 6.61 Å². The van der Waals surface area contributed by atoms with E-state index in [0.717, 1.165) is 9.26 Å². The Morgan fingerprint density at radius 3 is 2.39 bits per heavy atom. The summed E-state index contributed by atoms with van der Waals surface area (Å²) >= 11 is 2.22. The molecule has 0 aliphatic heterocycles. The van der Waals surface area contributed by atoms with Crippen molar-refractivity contribution in [1.29, 1.82) is 0 Å². The number of para-hydroxylation sites is 1. The summed E-state index contributed by atoms with van der Waals surface area (Å²) in [6.07, 6.45) is 0. The summed E-state index contributed by atoms with van der Waals surface area (Å²) in [5, 5.41) is 2.77. The highest BCUT2D eigenvalue weighted by atomic mass is 127. The van der Waals surface area contributed by atoms with Gasteiger partial charge in [0.2, 0.25) is 0 Å². The average molecular weight is 353 g/mol. The first-order valence-electron chi connectivity index (χ1n) is 5.47. The zero-order valence-electron chi connectivity index (χ0n) is 9.60. The first-order valence-corrected chi connectivity index (χ1v) is 6.55. The minimum absolute atomic E-state index is 0.00992. The van der Waals surface area contributed by atoms with Crippen LogP contribution in [0.2, 0.25) is 0 Å². The van der Waals surface area contributed by atoms with Crippen LogP contribution in [0.4, 0.5) is 5.69 Å². The van der Waals surface area contributed by atoms with Crippen LogP contribution in [0.3, 0.4) is 0 Å². The van der Waals surface area contributed by atoms with Crippen molar-refractivity contribution in [3.05, 3.63) is 58.2 Å². The smallest absolute Gasteiger partial charge is 0.262 e. The summed E-state index contributed by atoms with van der Waals surface area (Å²) < 4.78 is 6.48. The fourth-order valence-corrected chi connectivity index (χ4v) is 1.76. The first-order chi connectivity index (χ1) is 8.74. The van der Waals surface area contributed by atoms with Crippen LogP contribution in [0.15, 0.2) is 54.6 Å². The van der Waals surface area contributed by atoms with Gasteiger partial charge in [-0.2, -0.15) is 0 Å². The van der Waals surface area contributed by atoms with Crippen LogP contribution in [0.1, 0.15) is 0 Å². The van der Waals surface area contributed by atoms with Gasteiger partial charge in [0.05, 0.1) is 0 Å². The minimum atomic E-state index is -0.167. The molecule has 18 heavy (non-hydrogen) atoms. The maximum absolute atomic E-state index is 11.6. The van der Waals surface area contributed by atoms with E-state index in [4.69, 9.17) is 4.74 Å². The summed E-state index contributed by atoms with van der Waals surface area (Å²) in [5.41, 5.74) is 0.775. The van der Waals surface area contributed by atoms with Crippen LogP contribution in [-0.4, -0.2) is 12.5 Å². The molecule has 0 heterocycles. The number of carbonyl (C=O) groups is 1. The zero-order chi connectivity index (χ0) is 12.8. The molecule has 0 fully saturated rings. The quantitative estimate of drug-likeness (QED) is 0.857. The van der Waals surface area contributed by atoms with E-state index >= 15 is 0 Å². The van der Waals surface area contributed by atoms with Gasteiger partial charge >= 0.3 is 0 Å². The van der Waals surface area contributed by atoms with Gasteiger partial charge < -0.3 is 10.1 Å². The van der Waals surface area contributed by atoms with E-state index in [2.05, 4.69) is 27.9 Å². The van der Waals surface area contributed by atoms with Crippen LogP contribution in [0.25, 0.3) is 0 Å². The number of benzene rings is 2. The second-order valence-electron chi connectivity index (χ2n) is 3.66. The number of rotatable bonds is 4. The van der Waals surface area contributed by atoms with Gasteiger partial charge in [-0.3, -0.25) is 4.79 Å². The maximum atomic E-state index is 11.6. The van der Waals surface area contributed by atoms with E-state index in [-0.39, 0.29) is 12.5 Å². The molecule has 2 aromatic rings. The largest absolute Gasteiger partial charge is 0.484 e. The van der Waals surface area contributed by atoms with Gasteiger partial charge in [0, 0.05) is 9.26 Å². The third-order valence-electron chi connectivity index (χ3n) is 2.24. The fraction of sp³-hybridized carbons (Fsp3) is 0.0714. The van der Waals surface area contributed by atoms with Gasteiger partial charge in [0.1, 0.15) is 5.75 Å². The van der Waals surface area contributed by atoms with E-state index in [9.17, 15) is 4.79 Å². The molecule has 0 aliphatic carbocycles. The molecule has 0 atom stereocenters. The van der Waals surface area contributed by atoms with Gasteiger partial charge in [0.25, 0.3) is 5.91 Å². The molecular weight excluding hydrogens is 341 g/mol. The van der Waals surface area contributed by atoms with E-state index in [1.807, 2.05) is 54.6 Å². The molecule has 0 saturated heterocycles. The lowest BCUT2D eigenvalue weighted by Crippen LogP contribution is -2.20. The molecule has 3 nitrogen and oxygen atoms in total. The number of carbonyl (C=O) groups excluding carboxylic acids is 1. The maximum Gasteiger partial charge on any atom is 0.262 e. The summed E-state index contributed by atoms with van der Waals surface area (Å²) in [7, 11) is 0. The van der Waals surface area contributed by atoms with E-state index < -0.39 is 0 Å². The van der Waals surface area contributed by atoms with Crippen molar-refractivity contribution in [3.8, 4) is 5.75 Å². The number of ether oxygens (including phenoxy) is 1. The highest BCUT2D eigenvalue weighted by Crippen LogP contribution is 2.11. The molecule has 0 spiro atoms. The third kappa shape index (κ3) is 4.03. The highest BCUT2D eigenvalue weighted by molar-refractivity contribution is 14.1. The number of hydrogen-bond donors (Lipinski definition) is 1. The van der Waals surface area contributed by atoms with E-state index in [1.165, 1.54) is 0 Å². The minimum Gasteiger partial charge on any atom is -0.484 e. The van der Waals surface area contributed by atoms with Crippen LogP contribution in [0.5, 0.6) is 5.75 Å². The van der Waals surface area contributed by atoms with Crippen LogP contribution in [0, 0.1) is 3.57 Å². The summed E-state index contributed by atoms with van der Waals surface area (Å²) in [5.74, 6) is 0.523. The fourth-order valence-electron chi connectivity index (χ4n) is 1.40. The van der Waals surface area contributed by atoms with Gasteiger partial charge in [-0.15, -0.1) is 0 Å². The molecule has 0 saturated carbocycles. The predicted octanol–water partition coefficient (Wildman–Crippen LogP) is 3.31. The van der Waals surface area contributed by atoms with E-state index in [1.54, 1.807) is 0 Å². The van der Waals surface area contributed by atoms with Crippen molar-refractivity contribution in [2.45, 2.75) is 0 Å². The summed E-state index contributed by atoms with van der Waals surface area (Å²) in [4.78, 5) is 11.6. The average Bonchev–Trinajstić information content (AvgIpc) is 2.40. The number of anilines is 1. The Labute approximate surface area is 119 Å². The molecule has 2 rings (SSSR count). The lowest BCUT2D eigenvalue weighted by Gasteiger charge is -2.07. The molecule has 0 radical (unpaired) electrons. The van der Waals surface area contributed by atoms with Crippen LogP contribution < -0.4 is 10.1 Å². The van der Waals surface area contributed by atoms with Crippen molar-refractivity contribution >= 4 is 34.2 Å². The van der Waals surface area contributed by atoms with Gasteiger partial charge in [-0.25, -0.2) is 0 Å². The monoisotopic (exact) mass is 353 g/mol. The number of halogens is 1. The van der Waals surface area contributed by atoms with Crippen LogP contribution in [-0.2, 0) is 4.79 Å². The first kappa shape index (κ1) is 12.9.